The van der Waals surface area contributed by atoms with E-state index in [1.54, 1.807) is 7.05 Å². The van der Waals surface area contributed by atoms with E-state index in [0.717, 1.165) is 6.54 Å². The number of hydrogen-bond donors (Lipinski definition) is 2. The Morgan fingerprint density at radius 1 is 1.10 bits per heavy atom. The molecule has 0 aliphatic carbocycles. The Bertz CT molecular complexity index is 593. The summed E-state index contributed by atoms with van der Waals surface area (Å²) in [5.74, 6) is -0.0539. The van der Waals surface area contributed by atoms with E-state index in [9.17, 15) is 4.79 Å². The fraction of sp³-hybridized carbons (Fsp3) is 0.235. The molecular weight excluding hydrogens is 375 g/mol. The third kappa shape index (κ3) is 4.54. The lowest BCUT2D eigenvalue weighted by Crippen LogP contribution is -2.19. The summed E-state index contributed by atoms with van der Waals surface area (Å²) in [6.07, 6.45) is 0. The molecule has 3 nitrogen and oxygen atoms in total. The van der Waals surface area contributed by atoms with Crippen LogP contribution in [0, 0.1) is 3.57 Å². The molecule has 110 valence electrons. The second-order valence-corrected chi connectivity index (χ2v) is 6.18. The minimum absolute atomic E-state index is 0.0539. The molecule has 0 bridgehead atoms. The number of hydrogen-bond acceptors (Lipinski definition) is 2. The van der Waals surface area contributed by atoms with Gasteiger partial charge in [0.2, 0.25) is 0 Å². The smallest absolute Gasteiger partial charge is 0.251 e. The summed E-state index contributed by atoms with van der Waals surface area (Å²) < 4.78 is 1.24. The van der Waals surface area contributed by atoms with Gasteiger partial charge >= 0.3 is 0 Å². The quantitative estimate of drug-likeness (QED) is 0.763. The van der Waals surface area contributed by atoms with Crippen molar-refractivity contribution in [1.29, 1.82) is 0 Å². The highest BCUT2D eigenvalue weighted by atomic mass is 127. The lowest BCUT2D eigenvalue weighted by molar-refractivity contribution is 0.0963. The van der Waals surface area contributed by atoms with Crippen LogP contribution in [-0.2, 0) is 6.54 Å². The van der Waals surface area contributed by atoms with Crippen LogP contribution >= 0.6 is 22.6 Å². The number of rotatable bonds is 5. The fourth-order valence-corrected chi connectivity index (χ4v) is 2.42. The van der Waals surface area contributed by atoms with Gasteiger partial charge in [-0.3, -0.25) is 4.79 Å². The highest BCUT2D eigenvalue weighted by Gasteiger charge is 2.06. The monoisotopic (exact) mass is 394 g/mol. The van der Waals surface area contributed by atoms with E-state index in [2.05, 4.69) is 64.4 Å². The standard InChI is InChI=1S/C17H19IN2O/c1-12(14-7-9-16(18)10-8-14)20-11-13-3-5-15(6-4-13)17(21)19-2/h3-10,12,20H,11H2,1-2H3,(H,19,21). The Hall–Kier alpha value is -1.40. The molecule has 0 saturated carbocycles. The van der Waals surface area contributed by atoms with Gasteiger partial charge in [-0.1, -0.05) is 24.3 Å². The summed E-state index contributed by atoms with van der Waals surface area (Å²) in [7, 11) is 1.64. The van der Waals surface area contributed by atoms with Crippen LogP contribution in [0.2, 0.25) is 0 Å². The molecule has 2 aromatic carbocycles. The molecule has 0 aliphatic rings. The lowest BCUT2D eigenvalue weighted by Gasteiger charge is -2.14. The molecule has 2 aromatic rings. The van der Waals surface area contributed by atoms with Gasteiger partial charge in [0.1, 0.15) is 0 Å². The largest absolute Gasteiger partial charge is 0.355 e. The summed E-state index contributed by atoms with van der Waals surface area (Å²) in [5.41, 5.74) is 3.13. The third-order valence-corrected chi connectivity index (χ3v) is 4.14. The average Bonchev–Trinajstić information content (AvgIpc) is 2.53. The van der Waals surface area contributed by atoms with Crippen LogP contribution in [0.1, 0.15) is 34.5 Å². The van der Waals surface area contributed by atoms with E-state index < -0.39 is 0 Å². The van der Waals surface area contributed by atoms with Crippen LogP contribution in [-0.4, -0.2) is 13.0 Å². The molecule has 0 radical (unpaired) electrons. The first-order valence-corrected chi connectivity index (χ1v) is 7.98. The maximum Gasteiger partial charge on any atom is 0.251 e. The molecule has 0 aromatic heterocycles. The Kier molecular flexibility index (Phi) is 5.76. The van der Waals surface area contributed by atoms with Crippen LogP contribution in [0.3, 0.4) is 0 Å². The summed E-state index contributed by atoms with van der Waals surface area (Å²) in [5, 5.41) is 6.12. The molecule has 0 fully saturated rings. The van der Waals surface area contributed by atoms with Gasteiger partial charge in [0.15, 0.2) is 0 Å². The molecule has 0 heterocycles. The van der Waals surface area contributed by atoms with Crippen LogP contribution < -0.4 is 10.6 Å². The number of halogens is 1. The number of carbonyl (C=O) groups is 1. The minimum Gasteiger partial charge on any atom is -0.355 e. The summed E-state index contributed by atoms with van der Waals surface area (Å²) >= 11 is 2.31. The van der Waals surface area contributed by atoms with Crippen molar-refractivity contribution >= 4 is 28.5 Å². The summed E-state index contributed by atoms with van der Waals surface area (Å²) in [6.45, 7) is 2.93. The Morgan fingerprint density at radius 3 is 2.29 bits per heavy atom. The SMILES string of the molecule is CNC(=O)c1ccc(CNC(C)c2ccc(I)cc2)cc1. The zero-order valence-corrected chi connectivity index (χ0v) is 14.3. The van der Waals surface area contributed by atoms with E-state index in [4.69, 9.17) is 0 Å². The van der Waals surface area contributed by atoms with E-state index in [-0.39, 0.29) is 5.91 Å². The van der Waals surface area contributed by atoms with E-state index in [1.807, 2.05) is 24.3 Å². The van der Waals surface area contributed by atoms with Crippen molar-refractivity contribution in [2.24, 2.45) is 0 Å². The van der Waals surface area contributed by atoms with Gasteiger partial charge in [-0.25, -0.2) is 0 Å². The summed E-state index contributed by atoms with van der Waals surface area (Å²) in [6, 6.07) is 16.5. The first-order chi connectivity index (χ1) is 10.1. The molecule has 0 aliphatic heterocycles. The van der Waals surface area contributed by atoms with Gasteiger partial charge in [0.05, 0.1) is 0 Å². The topological polar surface area (TPSA) is 41.1 Å². The van der Waals surface area contributed by atoms with Crippen molar-refractivity contribution in [3.63, 3.8) is 0 Å². The van der Waals surface area contributed by atoms with Crippen LogP contribution in [0.15, 0.2) is 48.5 Å². The number of amides is 1. The minimum atomic E-state index is -0.0539. The zero-order chi connectivity index (χ0) is 15.2. The molecular formula is C17H19IN2O. The highest BCUT2D eigenvalue weighted by Crippen LogP contribution is 2.15. The van der Waals surface area contributed by atoms with Gasteiger partial charge in [0, 0.05) is 28.8 Å². The molecule has 4 heteroatoms. The van der Waals surface area contributed by atoms with Crippen LogP contribution in [0.25, 0.3) is 0 Å². The second kappa shape index (κ2) is 7.56. The zero-order valence-electron chi connectivity index (χ0n) is 12.2. The predicted octanol–water partition coefficient (Wildman–Crippen LogP) is 3.50. The van der Waals surface area contributed by atoms with Gasteiger partial charge in [-0.2, -0.15) is 0 Å². The molecule has 1 atom stereocenters. The molecule has 2 N–H and O–H groups in total. The molecule has 21 heavy (non-hydrogen) atoms. The second-order valence-electron chi connectivity index (χ2n) is 4.93. The molecule has 1 amide bonds. The molecule has 1 unspecified atom stereocenters. The van der Waals surface area contributed by atoms with Crippen molar-refractivity contribution in [3.8, 4) is 0 Å². The van der Waals surface area contributed by atoms with Crippen LogP contribution in [0.5, 0.6) is 0 Å². The Labute approximate surface area is 139 Å². The Balaban J connectivity index is 1.93. The maximum atomic E-state index is 11.5. The predicted molar refractivity (Wildman–Crippen MR) is 94.2 cm³/mol. The van der Waals surface area contributed by atoms with E-state index in [0.29, 0.717) is 11.6 Å². The summed E-state index contributed by atoms with van der Waals surface area (Å²) in [4.78, 5) is 11.5. The Morgan fingerprint density at radius 2 is 1.71 bits per heavy atom. The molecule has 0 spiro atoms. The van der Waals surface area contributed by atoms with Gasteiger partial charge in [0.25, 0.3) is 5.91 Å². The van der Waals surface area contributed by atoms with Gasteiger partial charge in [-0.05, 0) is 64.9 Å². The van der Waals surface area contributed by atoms with Crippen molar-refractivity contribution in [2.75, 3.05) is 7.05 Å². The molecule has 0 saturated heterocycles. The van der Waals surface area contributed by atoms with Gasteiger partial charge < -0.3 is 10.6 Å². The van der Waals surface area contributed by atoms with Gasteiger partial charge in [-0.15, -0.1) is 0 Å². The number of carbonyl (C=O) groups excluding carboxylic acids is 1. The normalized spacial score (nSPS) is 12.0. The lowest BCUT2D eigenvalue weighted by atomic mass is 10.1. The average molecular weight is 394 g/mol. The van der Waals surface area contributed by atoms with Crippen molar-refractivity contribution in [2.45, 2.75) is 19.5 Å². The third-order valence-electron chi connectivity index (χ3n) is 3.43. The number of nitrogens with one attached hydrogen (secondary N) is 2. The van der Waals surface area contributed by atoms with Crippen molar-refractivity contribution in [1.82, 2.24) is 10.6 Å². The maximum absolute atomic E-state index is 11.5. The number of benzene rings is 2. The van der Waals surface area contributed by atoms with Crippen LogP contribution in [0.4, 0.5) is 0 Å². The van der Waals surface area contributed by atoms with Crippen molar-refractivity contribution < 1.29 is 4.79 Å². The fourth-order valence-electron chi connectivity index (χ4n) is 2.06. The van der Waals surface area contributed by atoms with Crippen molar-refractivity contribution in [3.05, 3.63) is 68.8 Å². The first kappa shape index (κ1) is 16.0. The van der Waals surface area contributed by atoms with E-state index >= 15 is 0 Å². The highest BCUT2D eigenvalue weighted by molar-refractivity contribution is 14.1. The molecule has 2 rings (SSSR count). The first-order valence-electron chi connectivity index (χ1n) is 6.90. The van der Waals surface area contributed by atoms with E-state index in [1.165, 1.54) is 14.7 Å².